The number of benzene rings is 1. The molecule has 0 aliphatic carbocycles. The maximum Gasteiger partial charge on any atom is 0.273 e. The van der Waals surface area contributed by atoms with E-state index in [2.05, 4.69) is 34.8 Å². The molecule has 0 fully saturated rings. The summed E-state index contributed by atoms with van der Waals surface area (Å²) < 4.78 is 0. The normalized spacial score (nSPS) is 13.8. The average Bonchev–Trinajstić information content (AvgIpc) is 3.03. The van der Waals surface area contributed by atoms with Crippen LogP contribution in [0, 0.1) is 5.92 Å². The average molecular weight is 409 g/mol. The summed E-state index contributed by atoms with van der Waals surface area (Å²) in [5.74, 6) is 0.421. The Morgan fingerprint density at radius 2 is 1.67 bits per heavy atom. The molecule has 2 aromatic rings. The zero-order chi connectivity index (χ0) is 21.8. The van der Waals surface area contributed by atoms with E-state index >= 15 is 0 Å². The van der Waals surface area contributed by atoms with Gasteiger partial charge in [0.05, 0.1) is 0 Å². The molecule has 8 nitrogen and oxygen atoms in total. The first-order valence-corrected chi connectivity index (χ1v) is 9.98. The highest BCUT2D eigenvalue weighted by Gasteiger charge is 2.35. The lowest BCUT2D eigenvalue weighted by molar-refractivity contribution is -0.120. The van der Waals surface area contributed by atoms with Crippen LogP contribution in [-0.4, -0.2) is 40.2 Å². The number of carbonyl (C=O) groups excluding carboxylic acids is 3. The van der Waals surface area contributed by atoms with E-state index in [1.165, 1.54) is 11.8 Å². The molecule has 1 aromatic carbocycles. The fraction of sp³-hybridized carbons (Fsp3) is 0.364. The van der Waals surface area contributed by atoms with Crippen LogP contribution in [0.3, 0.4) is 0 Å². The Balaban J connectivity index is 1.64. The number of nitrogens with one attached hydrogen (secondary N) is 3. The number of carbonyl (C=O) groups is 3. The molecule has 0 unspecified atom stereocenters. The Hall–Kier alpha value is -3.42. The summed E-state index contributed by atoms with van der Waals surface area (Å²) in [5.41, 5.74) is 2.44. The second-order valence-electron chi connectivity index (χ2n) is 7.84. The van der Waals surface area contributed by atoms with Crippen LogP contribution < -0.4 is 16.0 Å². The molecule has 0 saturated heterocycles. The summed E-state index contributed by atoms with van der Waals surface area (Å²) in [6, 6.07) is 9.89. The number of rotatable bonds is 7. The molecular formula is C22H27N5O3. The number of fused-ring (bicyclic) bond motifs is 1. The second-order valence-corrected chi connectivity index (χ2v) is 7.84. The van der Waals surface area contributed by atoms with Gasteiger partial charge in [0.1, 0.15) is 17.6 Å². The van der Waals surface area contributed by atoms with E-state index in [-0.39, 0.29) is 17.7 Å². The van der Waals surface area contributed by atoms with Crippen molar-refractivity contribution in [1.82, 2.24) is 9.88 Å². The minimum absolute atomic E-state index is 0.163. The SMILES string of the molecule is CC(=O)Nc1ccc(NC(=O)[C@@H](C)N2Cc3ccc(NCC(C)C)nc3C2=O)cc1. The van der Waals surface area contributed by atoms with Crippen molar-refractivity contribution in [1.29, 1.82) is 0 Å². The minimum Gasteiger partial charge on any atom is -0.370 e. The zero-order valence-corrected chi connectivity index (χ0v) is 17.7. The Kier molecular flexibility index (Phi) is 6.34. The molecule has 3 amide bonds. The van der Waals surface area contributed by atoms with Crippen molar-refractivity contribution in [3.05, 3.63) is 47.7 Å². The van der Waals surface area contributed by atoms with Crippen LogP contribution in [0.1, 0.15) is 43.7 Å². The van der Waals surface area contributed by atoms with E-state index in [0.29, 0.717) is 35.3 Å². The molecule has 0 spiro atoms. The topological polar surface area (TPSA) is 103 Å². The van der Waals surface area contributed by atoms with E-state index in [1.807, 2.05) is 12.1 Å². The summed E-state index contributed by atoms with van der Waals surface area (Å²) in [5, 5.41) is 8.71. The van der Waals surface area contributed by atoms with Crippen molar-refractivity contribution < 1.29 is 14.4 Å². The number of aromatic nitrogens is 1. The van der Waals surface area contributed by atoms with E-state index < -0.39 is 6.04 Å². The number of nitrogens with zero attached hydrogens (tertiary/aromatic N) is 2. The monoisotopic (exact) mass is 409 g/mol. The summed E-state index contributed by atoms with van der Waals surface area (Å²) in [4.78, 5) is 42.6. The minimum atomic E-state index is -0.659. The van der Waals surface area contributed by atoms with Crippen molar-refractivity contribution in [2.24, 2.45) is 5.92 Å². The molecular weight excluding hydrogens is 382 g/mol. The Labute approximate surface area is 176 Å². The lowest BCUT2D eigenvalue weighted by Gasteiger charge is -2.23. The van der Waals surface area contributed by atoms with Crippen LogP contribution in [0.25, 0.3) is 0 Å². The van der Waals surface area contributed by atoms with Crippen molar-refractivity contribution >= 4 is 34.9 Å². The number of pyridine rings is 1. The van der Waals surface area contributed by atoms with Gasteiger partial charge in [-0.2, -0.15) is 0 Å². The zero-order valence-electron chi connectivity index (χ0n) is 17.7. The standard InChI is InChI=1S/C22H27N5O3/c1-13(2)11-23-19-10-5-16-12-27(22(30)20(16)26-19)14(3)21(29)25-18-8-6-17(7-9-18)24-15(4)28/h5-10,13-14H,11-12H2,1-4H3,(H,23,26)(H,24,28)(H,25,29)/t14-/m1/s1. The van der Waals surface area contributed by atoms with Gasteiger partial charge in [-0.1, -0.05) is 19.9 Å². The van der Waals surface area contributed by atoms with Gasteiger partial charge < -0.3 is 20.9 Å². The predicted octanol–water partition coefficient (Wildman–Crippen LogP) is 3.09. The third kappa shape index (κ3) is 4.94. The lowest BCUT2D eigenvalue weighted by Crippen LogP contribution is -2.42. The summed E-state index contributed by atoms with van der Waals surface area (Å²) in [7, 11) is 0. The van der Waals surface area contributed by atoms with Gasteiger partial charge in [-0.3, -0.25) is 14.4 Å². The molecule has 0 bridgehead atoms. The van der Waals surface area contributed by atoms with Gasteiger partial charge in [0, 0.05) is 37.0 Å². The number of hydrogen-bond donors (Lipinski definition) is 3. The smallest absolute Gasteiger partial charge is 0.273 e. The number of anilines is 3. The second kappa shape index (κ2) is 8.94. The Morgan fingerprint density at radius 1 is 1.03 bits per heavy atom. The molecule has 8 heteroatoms. The fourth-order valence-corrected chi connectivity index (χ4v) is 3.14. The fourth-order valence-electron chi connectivity index (χ4n) is 3.14. The van der Waals surface area contributed by atoms with Gasteiger partial charge >= 0.3 is 0 Å². The third-order valence-electron chi connectivity index (χ3n) is 4.79. The molecule has 0 saturated carbocycles. The van der Waals surface area contributed by atoms with E-state index in [9.17, 15) is 14.4 Å². The molecule has 1 atom stereocenters. The molecule has 2 heterocycles. The molecule has 1 aromatic heterocycles. The van der Waals surface area contributed by atoms with E-state index in [0.717, 1.165) is 12.1 Å². The lowest BCUT2D eigenvalue weighted by atomic mass is 10.2. The van der Waals surface area contributed by atoms with Gasteiger partial charge in [0.25, 0.3) is 5.91 Å². The third-order valence-corrected chi connectivity index (χ3v) is 4.79. The van der Waals surface area contributed by atoms with Crippen molar-refractivity contribution in [2.75, 3.05) is 22.5 Å². The molecule has 1 aliphatic heterocycles. The highest BCUT2D eigenvalue weighted by atomic mass is 16.2. The summed E-state index contributed by atoms with van der Waals surface area (Å²) in [6.07, 6.45) is 0. The first-order chi connectivity index (χ1) is 14.2. The van der Waals surface area contributed by atoms with Gasteiger partial charge in [-0.05, 0) is 43.2 Å². The quantitative estimate of drug-likeness (QED) is 0.652. The van der Waals surface area contributed by atoms with Crippen molar-refractivity contribution in [2.45, 2.75) is 40.3 Å². The van der Waals surface area contributed by atoms with Gasteiger partial charge in [0.15, 0.2) is 0 Å². The van der Waals surface area contributed by atoms with Crippen LogP contribution in [0.4, 0.5) is 17.2 Å². The van der Waals surface area contributed by atoms with Crippen molar-refractivity contribution in [3.8, 4) is 0 Å². The van der Waals surface area contributed by atoms with Gasteiger partial charge in [0.2, 0.25) is 11.8 Å². The highest BCUT2D eigenvalue weighted by Crippen LogP contribution is 2.25. The summed E-state index contributed by atoms with van der Waals surface area (Å²) in [6.45, 7) is 8.44. The van der Waals surface area contributed by atoms with Crippen molar-refractivity contribution in [3.63, 3.8) is 0 Å². The maximum atomic E-state index is 12.8. The molecule has 158 valence electrons. The van der Waals surface area contributed by atoms with Gasteiger partial charge in [-0.25, -0.2) is 4.98 Å². The highest BCUT2D eigenvalue weighted by molar-refractivity contribution is 6.02. The molecule has 0 radical (unpaired) electrons. The Morgan fingerprint density at radius 3 is 2.27 bits per heavy atom. The molecule has 1 aliphatic rings. The first kappa shape index (κ1) is 21.3. The van der Waals surface area contributed by atoms with Crippen LogP contribution in [-0.2, 0) is 16.1 Å². The van der Waals surface area contributed by atoms with Gasteiger partial charge in [-0.15, -0.1) is 0 Å². The first-order valence-electron chi connectivity index (χ1n) is 9.98. The van der Waals surface area contributed by atoms with E-state index in [4.69, 9.17) is 0 Å². The number of amides is 3. The number of hydrogen-bond acceptors (Lipinski definition) is 5. The van der Waals surface area contributed by atoms with Crippen LogP contribution in [0.2, 0.25) is 0 Å². The summed E-state index contributed by atoms with van der Waals surface area (Å²) >= 11 is 0. The van der Waals surface area contributed by atoms with Crippen LogP contribution in [0.15, 0.2) is 36.4 Å². The maximum absolute atomic E-state index is 12.8. The van der Waals surface area contributed by atoms with E-state index in [1.54, 1.807) is 31.2 Å². The molecule has 3 N–H and O–H groups in total. The largest absolute Gasteiger partial charge is 0.370 e. The van der Waals surface area contributed by atoms with Crippen LogP contribution >= 0.6 is 0 Å². The predicted molar refractivity (Wildman–Crippen MR) is 116 cm³/mol. The molecule has 30 heavy (non-hydrogen) atoms. The Bertz CT molecular complexity index is 956. The van der Waals surface area contributed by atoms with Crippen LogP contribution in [0.5, 0.6) is 0 Å². The molecule has 3 rings (SSSR count).